The molecule has 0 heterocycles. The minimum atomic E-state index is 0.0435. The molecule has 1 aromatic carbocycles. The zero-order valence-electron chi connectivity index (χ0n) is 10.1. The van der Waals surface area contributed by atoms with E-state index < -0.39 is 0 Å². The smallest absolute Gasteiger partial charge is 0.162 e. The van der Waals surface area contributed by atoms with Crippen LogP contribution in [-0.2, 0) is 0 Å². The first-order chi connectivity index (χ1) is 8.04. The lowest BCUT2D eigenvalue weighted by atomic mass is 10.1. The van der Waals surface area contributed by atoms with Gasteiger partial charge < -0.3 is 10.5 Å². The molecule has 0 radical (unpaired) electrons. The molecule has 3 nitrogen and oxygen atoms in total. The molecule has 1 unspecified atom stereocenters. The Hall–Kier alpha value is -1.42. The number of ether oxygens (including phenoxy) is 1. The fraction of sp³-hybridized carbons (Fsp3) is 0.385. The van der Waals surface area contributed by atoms with Crippen molar-refractivity contribution >= 4 is 23.0 Å². The summed E-state index contributed by atoms with van der Waals surface area (Å²) in [6.45, 7) is 4.21. The first-order valence-corrected chi connectivity index (χ1v) is 6.00. The Morgan fingerprint density at radius 1 is 1.41 bits per heavy atom. The molecule has 0 amide bonds. The number of carbonyl (C=O) groups is 1. The Balaban J connectivity index is 2.57. The number of nitrogens with two attached hydrogens (primary N) is 1. The zero-order valence-corrected chi connectivity index (χ0v) is 10.9. The molecule has 1 atom stereocenters. The van der Waals surface area contributed by atoms with E-state index in [1.807, 2.05) is 13.8 Å². The molecule has 1 aromatic rings. The van der Waals surface area contributed by atoms with E-state index in [1.165, 1.54) is 0 Å². The molecule has 92 valence electrons. The highest BCUT2D eigenvalue weighted by molar-refractivity contribution is 7.80. The van der Waals surface area contributed by atoms with Gasteiger partial charge in [0.25, 0.3) is 0 Å². The monoisotopic (exact) mass is 251 g/mol. The zero-order chi connectivity index (χ0) is 12.8. The molecule has 0 spiro atoms. The van der Waals surface area contributed by atoms with Crippen molar-refractivity contribution in [2.24, 2.45) is 11.7 Å². The van der Waals surface area contributed by atoms with E-state index >= 15 is 0 Å². The first kappa shape index (κ1) is 13.6. The van der Waals surface area contributed by atoms with E-state index in [2.05, 4.69) is 0 Å². The van der Waals surface area contributed by atoms with Crippen LogP contribution in [0.4, 0.5) is 0 Å². The van der Waals surface area contributed by atoms with E-state index in [0.29, 0.717) is 23.6 Å². The summed E-state index contributed by atoms with van der Waals surface area (Å²) in [5.74, 6) is 0.899. The van der Waals surface area contributed by atoms with Gasteiger partial charge in [0.15, 0.2) is 5.78 Å². The van der Waals surface area contributed by atoms with Gasteiger partial charge in [-0.05, 0) is 24.3 Å². The van der Waals surface area contributed by atoms with Crippen molar-refractivity contribution < 1.29 is 9.53 Å². The Labute approximate surface area is 107 Å². The average molecular weight is 251 g/mol. The summed E-state index contributed by atoms with van der Waals surface area (Å²) in [7, 11) is 0. The van der Waals surface area contributed by atoms with Gasteiger partial charge in [0.05, 0.1) is 11.6 Å². The summed E-state index contributed by atoms with van der Waals surface area (Å²) >= 11 is 4.86. The maximum absolute atomic E-state index is 11.4. The summed E-state index contributed by atoms with van der Waals surface area (Å²) in [6.07, 6.45) is 0.513. The lowest BCUT2D eigenvalue weighted by Gasteiger charge is -2.11. The summed E-state index contributed by atoms with van der Waals surface area (Å²) in [5.41, 5.74) is 6.20. The standard InChI is InChI=1S/C13H17NO2S/c1-3-12(15)10-4-6-11(7-5-10)16-8-9(2)13(14)17/h4-7,9H,3,8H2,1-2H3,(H2,14,17). The number of ketones is 1. The fourth-order valence-corrected chi connectivity index (χ4v) is 1.31. The van der Waals surface area contributed by atoms with E-state index in [4.69, 9.17) is 22.7 Å². The Bertz CT molecular complexity index is 400. The predicted molar refractivity (Wildman–Crippen MR) is 72.5 cm³/mol. The Morgan fingerprint density at radius 2 is 2.00 bits per heavy atom. The minimum absolute atomic E-state index is 0.0435. The van der Waals surface area contributed by atoms with E-state index in [9.17, 15) is 4.79 Å². The average Bonchev–Trinajstić information content (AvgIpc) is 2.35. The third-order valence-corrected chi connectivity index (χ3v) is 2.89. The van der Waals surface area contributed by atoms with Crippen LogP contribution in [-0.4, -0.2) is 17.4 Å². The molecule has 1 rings (SSSR count). The van der Waals surface area contributed by atoms with E-state index in [1.54, 1.807) is 24.3 Å². The number of benzene rings is 1. The van der Waals surface area contributed by atoms with Crippen LogP contribution in [0.25, 0.3) is 0 Å². The van der Waals surface area contributed by atoms with Gasteiger partial charge in [0, 0.05) is 17.9 Å². The quantitative estimate of drug-likeness (QED) is 0.623. The molecular weight excluding hydrogens is 234 g/mol. The van der Waals surface area contributed by atoms with Gasteiger partial charge in [-0.15, -0.1) is 0 Å². The fourth-order valence-electron chi connectivity index (χ4n) is 1.24. The van der Waals surface area contributed by atoms with Crippen LogP contribution >= 0.6 is 12.2 Å². The van der Waals surface area contributed by atoms with Gasteiger partial charge in [-0.3, -0.25) is 4.79 Å². The highest BCUT2D eigenvalue weighted by Gasteiger charge is 2.07. The van der Waals surface area contributed by atoms with Crippen LogP contribution < -0.4 is 10.5 Å². The van der Waals surface area contributed by atoms with E-state index in [-0.39, 0.29) is 11.7 Å². The number of hydrogen-bond acceptors (Lipinski definition) is 3. The second kappa shape index (κ2) is 6.35. The number of rotatable bonds is 6. The number of hydrogen-bond donors (Lipinski definition) is 1. The first-order valence-electron chi connectivity index (χ1n) is 5.60. The molecular formula is C13H17NO2S. The predicted octanol–water partition coefficient (Wildman–Crippen LogP) is 2.58. The molecule has 0 aliphatic carbocycles. The van der Waals surface area contributed by atoms with Crippen LogP contribution in [0.1, 0.15) is 30.6 Å². The minimum Gasteiger partial charge on any atom is -0.493 e. The summed E-state index contributed by atoms with van der Waals surface area (Å²) < 4.78 is 5.52. The molecule has 0 aliphatic heterocycles. The second-order valence-corrected chi connectivity index (χ2v) is 4.39. The van der Waals surface area contributed by atoms with Crippen LogP contribution in [0.15, 0.2) is 24.3 Å². The molecule has 17 heavy (non-hydrogen) atoms. The summed E-state index contributed by atoms with van der Waals surface area (Å²) in [6, 6.07) is 7.11. The molecule has 2 N–H and O–H groups in total. The number of Topliss-reactive ketones (excluding diaryl/α,β-unsaturated/α-hetero) is 1. The van der Waals surface area contributed by atoms with Crippen LogP contribution in [0.3, 0.4) is 0 Å². The van der Waals surface area contributed by atoms with Crippen molar-refractivity contribution in [3.63, 3.8) is 0 Å². The van der Waals surface area contributed by atoms with Gasteiger partial charge in [0.1, 0.15) is 5.75 Å². The van der Waals surface area contributed by atoms with Gasteiger partial charge in [-0.1, -0.05) is 26.1 Å². The third kappa shape index (κ3) is 4.15. The molecule has 0 saturated heterocycles. The van der Waals surface area contributed by atoms with Crippen molar-refractivity contribution in [3.05, 3.63) is 29.8 Å². The molecule has 0 bridgehead atoms. The summed E-state index contributed by atoms with van der Waals surface area (Å²) in [5, 5.41) is 0. The maximum Gasteiger partial charge on any atom is 0.162 e. The Kier molecular flexibility index (Phi) is 5.10. The molecule has 0 aromatic heterocycles. The Morgan fingerprint density at radius 3 is 2.47 bits per heavy atom. The van der Waals surface area contributed by atoms with Gasteiger partial charge >= 0.3 is 0 Å². The lowest BCUT2D eigenvalue weighted by Crippen LogP contribution is -2.24. The summed E-state index contributed by atoms with van der Waals surface area (Å²) in [4.78, 5) is 11.9. The van der Waals surface area contributed by atoms with Crippen molar-refractivity contribution in [1.29, 1.82) is 0 Å². The highest BCUT2D eigenvalue weighted by atomic mass is 32.1. The van der Waals surface area contributed by atoms with Crippen LogP contribution in [0, 0.1) is 5.92 Å². The second-order valence-electron chi connectivity index (χ2n) is 3.92. The molecule has 0 fully saturated rings. The van der Waals surface area contributed by atoms with Crippen molar-refractivity contribution in [2.75, 3.05) is 6.61 Å². The van der Waals surface area contributed by atoms with Gasteiger partial charge in [-0.2, -0.15) is 0 Å². The van der Waals surface area contributed by atoms with Gasteiger partial charge in [0.2, 0.25) is 0 Å². The number of carbonyl (C=O) groups excluding carboxylic acids is 1. The highest BCUT2D eigenvalue weighted by Crippen LogP contribution is 2.14. The topological polar surface area (TPSA) is 52.3 Å². The van der Waals surface area contributed by atoms with Gasteiger partial charge in [-0.25, -0.2) is 0 Å². The third-order valence-electron chi connectivity index (χ3n) is 2.48. The largest absolute Gasteiger partial charge is 0.493 e. The van der Waals surface area contributed by atoms with Crippen molar-refractivity contribution in [2.45, 2.75) is 20.3 Å². The van der Waals surface area contributed by atoms with E-state index in [0.717, 1.165) is 5.75 Å². The van der Waals surface area contributed by atoms with Crippen molar-refractivity contribution in [3.8, 4) is 5.75 Å². The van der Waals surface area contributed by atoms with Crippen molar-refractivity contribution in [1.82, 2.24) is 0 Å². The molecule has 0 saturated carbocycles. The SMILES string of the molecule is CCC(=O)c1ccc(OCC(C)C(N)=S)cc1. The maximum atomic E-state index is 11.4. The van der Waals surface area contributed by atoms with Crippen LogP contribution in [0.2, 0.25) is 0 Å². The molecule has 4 heteroatoms. The normalized spacial score (nSPS) is 11.9. The lowest BCUT2D eigenvalue weighted by molar-refractivity contribution is 0.0988. The molecule has 0 aliphatic rings. The number of thiocarbonyl (C=S) groups is 1. The van der Waals surface area contributed by atoms with Crippen LogP contribution in [0.5, 0.6) is 5.75 Å².